The summed E-state index contributed by atoms with van der Waals surface area (Å²) in [4.78, 5) is 16.6. The minimum absolute atomic E-state index is 0.0382. The molecule has 6 heteroatoms. The molecule has 3 aromatic rings. The molecule has 1 aromatic heterocycles. The van der Waals surface area contributed by atoms with Crippen molar-refractivity contribution >= 4 is 11.7 Å². The molecule has 3 rings (SSSR count). The number of carbonyl (C=O) groups is 1. The molecule has 0 bridgehead atoms. The van der Waals surface area contributed by atoms with E-state index in [9.17, 15) is 4.79 Å². The number of benzene rings is 2. The summed E-state index contributed by atoms with van der Waals surface area (Å²) >= 11 is 0. The van der Waals surface area contributed by atoms with E-state index in [1.807, 2.05) is 36.4 Å². The van der Waals surface area contributed by atoms with Crippen molar-refractivity contribution < 1.29 is 18.7 Å². The molecule has 0 unspecified atom stereocenters. The molecule has 0 amide bonds. The standard InChI is InChI=1S/C19H18N2O4/c1-20-17-6-4-3-5-16(17)19(22)25-12-14-11-24-18(21-14)13-7-9-15(23-2)10-8-13/h3-11,20H,12H2,1-2H3. The highest BCUT2D eigenvalue weighted by Crippen LogP contribution is 2.22. The normalized spacial score (nSPS) is 10.3. The second-order valence-electron chi connectivity index (χ2n) is 5.24. The van der Waals surface area contributed by atoms with Crippen molar-refractivity contribution in [3.05, 3.63) is 66.1 Å². The van der Waals surface area contributed by atoms with Crippen molar-refractivity contribution in [3.8, 4) is 17.2 Å². The van der Waals surface area contributed by atoms with Crippen molar-refractivity contribution in [1.29, 1.82) is 0 Å². The molecule has 0 spiro atoms. The Morgan fingerprint density at radius 3 is 2.64 bits per heavy atom. The lowest BCUT2D eigenvalue weighted by Gasteiger charge is -2.07. The number of ether oxygens (including phenoxy) is 2. The lowest BCUT2D eigenvalue weighted by atomic mass is 10.2. The number of oxazole rings is 1. The zero-order chi connectivity index (χ0) is 17.6. The largest absolute Gasteiger partial charge is 0.497 e. The molecule has 0 aliphatic heterocycles. The molecular formula is C19H18N2O4. The monoisotopic (exact) mass is 338 g/mol. The van der Waals surface area contributed by atoms with Crippen LogP contribution in [0.2, 0.25) is 0 Å². The topological polar surface area (TPSA) is 73.6 Å². The third kappa shape index (κ3) is 3.80. The van der Waals surface area contributed by atoms with E-state index < -0.39 is 5.97 Å². The van der Waals surface area contributed by atoms with Gasteiger partial charge in [0.15, 0.2) is 0 Å². The van der Waals surface area contributed by atoms with Crippen molar-refractivity contribution in [2.75, 3.05) is 19.5 Å². The van der Waals surface area contributed by atoms with Gasteiger partial charge in [-0.25, -0.2) is 9.78 Å². The number of esters is 1. The maximum absolute atomic E-state index is 12.2. The van der Waals surface area contributed by atoms with Gasteiger partial charge in [0.05, 0.1) is 12.7 Å². The van der Waals surface area contributed by atoms with E-state index in [-0.39, 0.29) is 6.61 Å². The van der Waals surface area contributed by atoms with Gasteiger partial charge in [-0.2, -0.15) is 0 Å². The SMILES string of the molecule is CNc1ccccc1C(=O)OCc1coc(-c2ccc(OC)cc2)n1. The lowest BCUT2D eigenvalue weighted by molar-refractivity contribution is 0.0469. The first-order valence-corrected chi connectivity index (χ1v) is 7.74. The zero-order valence-corrected chi connectivity index (χ0v) is 14.0. The molecule has 0 saturated heterocycles. The summed E-state index contributed by atoms with van der Waals surface area (Å²) < 4.78 is 15.9. The van der Waals surface area contributed by atoms with Crippen molar-refractivity contribution in [1.82, 2.24) is 4.98 Å². The number of nitrogens with one attached hydrogen (secondary N) is 1. The van der Waals surface area contributed by atoms with Crippen LogP contribution >= 0.6 is 0 Å². The molecule has 0 fully saturated rings. The number of para-hydroxylation sites is 1. The van der Waals surface area contributed by atoms with Gasteiger partial charge in [0.1, 0.15) is 24.3 Å². The number of rotatable bonds is 6. The molecule has 0 atom stereocenters. The summed E-state index contributed by atoms with van der Waals surface area (Å²) in [5, 5.41) is 2.96. The first kappa shape index (κ1) is 16.6. The van der Waals surface area contributed by atoms with Crippen LogP contribution in [0.1, 0.15) is 16.1 Å². The van der Waals surface area contributed by atoms with E-state index in [0.29, 0.717) is 22.8 Å². The number of carbonyl (C=O) groups excluding carboxylic acids is 1. The Hall–Kier alpha value is -3.28. The molecule has 0 radical (unpaired) electrons. The Bertz CT molecular complexity index is 856. The summed E-state index contributed by atoms with van der Waals surface area (Å²) in [6, 6.07) is 14.5. The quantitative estimate of drug-likeness (QED) is 0.690. The van der Waals surface area contributed by atoms with Crippen LogP contribution in [0.5, 0.6) is 5.75 Å². The highest BCUT2D eigenvalue weighted by molar-refractivity contribution is 5.95. The first-order valence-electron chi connectivity index (χ1n) is 7.74. The Kier molecular flexibility index (Phi) is 4.99. The number of hydrogen-bond donors (Lipinski definition) is 1. The van der Waals surface area contributed by atoms with E-state index in [4.69, 9.17) is 13.9 Å². The highest BCUT2D eigenvalue weighted by Gasteiger charge is 2.13. The van der Waals surface area contributed by atoms with Gasteiger partial charge in [-0.1, -0.05) is 12.1 Å². The first-order chi connectivity index (χ1) is 12.2. The zero-order valence-electron chi connectivity index (χ0n) is 14.0. The predicted octanol–water partition coefficient (Wildman–Crippen LogP) is 3.75. The number of hydrogen-bond acceptors (Lipinski definition) is 6. The van der Waals surface area contributed by atoms with Crippen LogP contribution in [0.3, 0.4) is 0 Å². The Balaban J connectivity index is 1.66. The van der Waals surface area contributed by atoms with E-state index in [1.165, 1.54) is 6.26 Å². The fraction of sp³-hybridized carbons (Fsp3) is 0.158. The summed E-state index contributed by atoms with van der Waals surface area (Å²) in [5.41, 5.74) is 2.55. The third-order valence-corrected chi connectivity index (χ3v) is 3.66. The van der Waals surface area contributed by atoms with Crippen molar-refractivity contribution in [2.45, 2.75) is 6.61 Å². The molecule has 0 saturated carbocycles. The molecule has 0 aliphatic carbocycles. The van der Waals surface area contributed by atoms with E-state index >= 15 is 0 Å². The molecule has 1 N–H and O–H groups in total. The minimum Gasteiger partial charge on any atom is -0.497 e. The molecular weight excluding hydrogens is 320 g/mol. The van der Waals surface area contributed by atoms with Gasteiger partial charge in [-0.05, 0) is 36.4 Å². The summed E-state index contributed by atoms with van der Waals surface area (Å²) in [5.74, 6) is 0.802. The van der Waals surface area contributed by atoms with Crippen LogP contribution in [-0.4, -0.2) is 25.1 Å². The van der Waals surface area contributed by atoms with E-state index in [0.717, 1.165) is 11.3 Å². The highest BCUT2D eigenvalue weighted by atomic mass is 16.5. The van der Waals surface area contributed by atoms with Crippen LogP contribution in [0.4, 0.5) is 5.69 Å². The number of anilines is 1. The Morgan fingerprint density at radius 2 is 1.92 bits per heavy atom. The fourth-order valence-corrected chi connectivity index (χ4v) is 2.34. The van der Waals surface area contributed by atoms with Gasteiger partial charge in [-0.15, -0.1) is 0 Å². The molecule has 0 aliphatic rings. The van der Waals surface area contributed by atoms with Crippen LogP contribution in [0.25, 0.3) is 11.5 Å². The third-order valence-electron chi connectivity index (χ3n) is 3.66. The second kappa shape index (κ2) is 7.53. The minimum atomic E-state index is -0.418. The summed E-state index contributed by atoms with van der Waals surface area (Å²) in [6.07, 6.45) is 1.48. The summed E-state index contributed by atoms with van der Waals surface area (Å²) in [7, 11) is 3.36. The maximum atomic E-state index is 12.2. The number of aromatic nitrogens is 1. The van der Waals surface area contributed by atoms with E-state index in [1.54, 1.807) is 26.3 Å². The molecule has 6 nitrogen and oxygen atoms in total. The molecule has 128 valence electrons. The van der Waals surface area contributed by atoms with Gasteiger partial charge in [0.25, 0.3) is 0 Å². The second-order valence-corrected chi connectivity index (χ2v) is 5.24. The van der Waals surface area contributed by atoms with Gasteiger partial charge in [0.2, 0.25) is 5.89 Å². The van der Waals surface area contributed by atoms with Gasteiger partial charge < -0.3 is 19.2 Å². The Morgan fingerprint density at radius 1 is 1.16 bits per heavy atom. The smallest absolute Gasteiger partial charge is 0.340 e. The van der Waals surface area contributed by atoms with Crippen molar-refractivity contribution in [2.24, 2.45) is 0 Å². The lowest BCUT2D eigenvalue weighted by Crippen LogP contribution is -2.08. The average Bonchev–Trinajstić information content (AvgIpc) is 3.15. The van der Waals surface area contributed by atoms with Crippen molar-refractivity contribution in [3.63, 3.8) is 0 Å². The van der Waals surface area contributed by atoms with Crippen LogP contribution < -0.4 is 10.1 Å². The Labute approximate surface area is 145 Å². The van der Waals surface area contributed by atoms with Gasteiger partial charge in [0, 0.05) is 18.3 Å². The maximum Gasteiger partial charge on any atom is 0.340 e. The summed E-state index contributed by atoms with van der Waals surface area (Å²) in [6.45, 7) is 0.0382. The van der Waals surface area contributed by atoms with Crippen LogP contribution in [0.15, 0.2) is 59.2 Å². The number of methoxy groups -OCH3 is 1. The fourth-order valence-electron chi connectivity index (χ4n) is 2.34. The van der Waals surface area contributed by atoms with E-state index in [2.05, 4.69) is 10.3 Å². The average molecular weight is 338 g/mol. The predicted molar refractivity (Wildman–Crippen MR) is 93.6 cm³/mol. The molecule has 25 heavy (non-hydrogen) atoms. The van der Waals surface area contributed by atoms with Gasteiger partial charge >= 0.3 is 5.97 Å². The van der Waals surface area contributed by atoms with Crippen LogP contribution in [0, 0.1) is 0 Å². The van der Waals surface area contributed by atoms with Gasteiger partial charge in [-0.3, -0.25) is 0 Å². The number of nitrogens with zero attached hydrogens (tertiary/aromatic N) is 1. The molecule has 1 heterocycles. The molecule has 2 aromatic carbocycles. The van der Waals surface area contributed by atoms with Crippen LogP contribution in [-0.2, 0) is 11.3 Å².